The summed E-state index contributed by atoms with van der Waals surface area (Å²) in [7, 11) is 0. The molecule has 0 aliphatic rings. The van der Waals surface area contributed by atoms with Crippen LogP contribution in [0, 0.1) is 0 Å². The number of benzene rings is 18. The molecular formula is C131H107N7. The van der Waals surface area contributed by atoms with Crippen molar-refractivity contribution in [3.63, 3.8) is 0 Å². The number of hydrogen-bond acceptors (Lipinski definition) is 7. The second-order valence-electron chi connectivity index (χ2n) is 38.2. The van der Waals surface area contributed by atoms with E-state index in [1.807, 2.05) is 24.3 Å². The highest BCUT2D eigenvalue weighted by molar-refractivity contribution is 5.89. The molecule has 0 atom stereocenters. The Morgan fingerprint density at radius 2 is 0.268 bits per heavy atom. The first kappa shape index (κ1) is 90.3. The Balaban J connectivity index is 0.000000132. The Kier molecular flexibility index (Phi) is 26.5. The minimum atomic E-state index is -0.287. The van der Waals surface area contributed by atoms with Gasteiger partial charge in [-0.15, -0.1) is 0 Å². The van der Waals surface area contributed by atoms with Gasteiger partial charge in [0, 0.05) is 49.6 Å². The third-order valence-electron chi connectivity index (χ3n) is 24.7. The zero-order valence-electron chi connectivity index (χ0n) is 79.3. The van der Waals surface area contributed by atoms with Crippen LogP contribution in [0.1, 0.15) is 79.7 Å². The van der Waals surface area contributed by atoms with E-state index in [1.54, 1.807) is 0 Å². The maximum Gasteiger partial charge on any atom is 0.163 e. The lowest BCUT2D eigenvalue weighted by Gasteiger charge is -2.20. The first-order valence-electron chi connectivity index (χ1n) is 47.4. The monoisotopic (exact) mass is 1780 g/mol. The van der Waals surface area contributed by atoms with Gasteiger partial charge in [0.25, 0.3) is 0 Å². The van der Waals surface area contributed by atoms with Crippen LogP contribution in [0.4, 0.5) is 0 Å². The molecule has 0 bridgehead atoms. The van der Waals surface area contributed by atoms with Gasteiger partial charge in [0.2, 0.25) is 0 Å². The summed E-state index contributed by atoms with van der Waals surface area (Å²) < 4.78 is 0. The fraction of sp³-hybridized carbons (Fsp3) is 0.0916. The maximum absolute atomic E-state index is 5.32. The normalized spacial score (nSPS) is 11.4. The van der Waals surface area contributed by atoms with Gasteiger partial charge in [0.1, 0.15) is 11.6 Å². The van der Waals surface area contributed by atoms with Gasteiger partial charge >= 0.3 is 0 Å². The molecule has 0 unspecified atom stereocenters. The Labute approximate surface area is 812 Å². The lowest BCUT2D eigenvalue weighted by molar-refractivity contribution is 0.543. The summed E-state index contributed by atoms with van der Waals surface area (Å²) in [5.74, 6) is 3.62. The minimum absolute atomic E-state index is 0.176. The van der Waals surface area contributed by atoms with Crippen molar-refractivity contribution in [3.05, 3.63) is 503 Å². The van der Waals surface area contributed by atoms with E-state index in [1.165, 1.54) is 33.4 Å². The predicted molar refractivity (Wildman–Crippen MR) is 578 cm³/mol. The molecule has 3 heterocycles. The molecule has 7 heteroatoms. The molecule has 0 saturated heterocycles. The highest BCUT2D eigenvalue weighted by Crippen LogP contribution is 2.44. The summed E-state index contributed by atoms with van der Waals surface area (Å²) in [6.07, 6.45) is 0. The molecule has 0 spiro atoms. The van der Waals surface area contributed by atoms with Gasteiger partial charge in [-0.3, -0.25) is 0 Å². The molecule has 0 N–H and O–H groups in total. The second-order valence-corrected chi connectivity index (χ2v) is 38.2. The summed E-state index contributed by atoms with van der Waals surface area (Å²) in [4.78, 5) is 36.4. The van der Waals surface area contributed by atoms with Crippen molar-refractivity contribution in [2.75, 3.05) is 0 Å². The third-order valence-corrected chi connectivity index (χ3v) is 24.7. The molecule has 0 aliphatic heterocycles. The topological polar surface area (TPSA) is 90.2 Å². The highest BCUT2D eigenvalue weighted by atomic mass is 15.0. The molecule has 7 nitrogen and oxygen atoms in total. The van der Waals surface area contributed by atoms with E-state index in [9.17, 15) is 0 Å². The first-order valence-corrected chi connectivity index (χ1v) is 47.4. The van der Waals surface area contributed by atoms with Gasteiger partial charge in [0.05, 0.1) is 22.8 Å². The summed E-state index contributed by atoms with van der Waals surface area (Å²) in [5.41, 5.74) is 36.8. The van der Waals surface area contributed by atoms with E-state index < -0.39 is 0 Å². The van der Waals surface area contributed by atoms with Gasteiger partial charge in [-0.25, -0.2) is 34.9 Å². The van der Waals surface area contributed by atoms with Crippen molar-refractivity contribution in [2.45, 2.75) is 78.6 Å². The van der Waals surface area contributed by atoms with Crippen molar-refractivity contribution < 1.29 is 0 Å². The van der Waals surface area contributed by atoms with Crippen LogP contribution in [-0.4, -0.2) is 34.9 Å². The minimum Gasteiger partial charge on any atom is -0.232 e. The predicted octanol–water partition coefficient (Wildman–Crippen LogP) is 34.7. The summed E-state index contributed by atoms with van der Waals surface area (Å²) in [6, 6.07) is 171. The summed E-state index contributed by atoms with van der Waals surface area (Å²) in [6.45, 7) is 19.7. The number of rotatable bonds is 18. The molecule has 0 amide bonds. The maximum atomic E-state index is 5.32. The van der Waals surface area contributed by atoms with E-state index in [4.69, 9.17) is 34.9 Å². The second kappa shape index (κ2) is 40.5. The van der Waals surface area contributed by atoms with Crippen molar-refractivity contribution in [1.29, 1.82) is 0 Å². The molecule has 666 valence electrons. The van der Waals surface area contributed by atoms with Gasteiger partial charge in [-0.05, 0) is 255 Å². The molecule has 138 heavy (non-hydrogen) atoms. The molecular weight excluding hydrogens is 1670 g/mol. The lowest BCUT2D eigenvalue weighted by atomic mass is 9.89. The Bertz CT molecular complexity index is 6240. The highest BCUT2D eigenvalue weighted by Gasteiger charge is 2.27. The quantitative estimate of drug-likeness (QED) is 0.0845. The number of nitrogens with zero attached hydrogens (tertiary/aromatic N) is 7. The van der Waals surface area contributed by atoms with Gasteiger partial charge < -0.3 is 0 Å². The van der Waals surface area contributed by atoms with E-state index >= 15 is 0 Å². The fourth-order valence-corrected chi connectivity index (χ4v) is 17.3. The number of hydrogen-bond donors (Lipinski definition) is 0. The van der Waals surface area contributed by atoms with Crippen LogP contribution in [0.15, 0.2) is 485 Å². The van der Waals surface area contributed by atoms with Crippen molar-refractivity contribution in [1.82, 2.24) is 34.9 Å². The fourth-order valence-electron chi connectivity index (χ4n) is 17.3. The molecule has 18 aromatic carbocycles. The van der Waals surface area contributed by atoms with Crippen molar-refractivity contribution in [2.24, 2.45) is 0 Å². The molecule has 21 aromatic rings. The zero-order chi connectivity index (χ0) is 94.5. The average Bonchev–Trinajstić information content (AvgIpc) is 0.777. The lowest BCUT2D eigenvalue weighted by Crippen LogP contribution is -2.18. The van der Waals surface area contributed by atoms with Crippen LogP contribution >= 0.6 is 0 Å². The Morgan fingerprint density at radius 3 is 0.442 bits per heavy atom. The van der Waals surface area contributed by atoms with Crippen LogP contribution in [-0.2, 0) is 16.2 Å². The molecule has 3 aromatic heterocycles. The summed E-state index contributed by atoms with van der Waals surface area (Å²) in [5, 5.41) is 0. The average molecular weight is 1780 g/mol. The summed E-state index contributed by atoms with van der Waals surface area (Å²) >= 11 is 0. The van der Waals surface area contributed by atoms with Crippen molar-refractivity contribution in [3.8, 4) is 201 Å². The van der Waals surface area contributed by atoms with Crippen LogP contribution in [0.2, 0.25) is 0 Å². The van der Waals surface area contributed by atoms with Crippen LogP contribution in [0.3, 0.4) is 0 Å². The van der Waals surface area contributed by atoms with E-state index in [0.717, 1.165) is 174 Å². The van der Waals surface area contributed by atoms with Crippen LogP contribution < -0.4 is 0 Å². The molecule has 0 fully saturated rings. The van der Waals surface area contributed by atoms with E-state index in [0.29, 0.717) is 11.6 Å². The van der Waals surface area contributed by atoms with E-state index in [2.05, 4.69) is 523 Å². The van der Waals surface area contributed by atoms with Gasteiger partial charge in [0.15, 0.2) is 17.5 Å². The van der Waals surface area contributed by atoms with E-state index in [-0.39, 0.29) is 16.2 Å². The number of aromatic nitrogens is 7. The first-order chi connectivity index (χ1) is 67.2. The molecule has 0 radical (unpaired) electrons. The van der Waals surface area contributed by atoms with Crippen LogP contribution in [0.5, 0.6) is 0 Å². The molecule has 21 rings (SSSR count). The molecule has 0 aliphatic carbocycles. The third kappa shape index (κ3) is 21.6. The van der Waals surface area contributed by atoms with Gasteiger partial charge in [-0.1, -0.05) is 426 Å². The Hall–Kier alpha value is -16.9. The van der Waals surface area contributed by atoms with Crippen molar-refractivity contribution >= 4 is 0 Å². The molecule has 0 saturated carbocycles. The van der Waals surface area contributed by atoms with Crippen LogP contribution in [0.25, 0.3) is 201 Å². The standard InChI is InChI=1S/2C44H36N2.C43H35N3/c1-44(2,3)42-30-41(39-26-35(31-16-8-4-9-17-31)24-36(27-39)32-18-10-5-11-19-32)45-43(46-42)40-28-37(33-20-12-6-13-21-33)25-38(29-40)34-22-14-7-15-23-34;1-44(2,3)43-45-41(39-26-35(31-16-8-4-9-17-31)24-36(27-39)32-18-10-5-11-19-32)30-42(46-43)40-28-37(33-20-12-6-13-21-33)25-38(29-40)34-22-14-7-15-23-34;1-43(2,3)42-45-40(38-26-34(30-16-8-4-9-17-30)24-35(27-38)31-18-10-5-11-19-31)44-41(46-42)39-28-36(32-20-12-6-13-21-32)25-37(29-39)33-22-14-7-15-23-33/h2*4-30H,1-3H3;4-29H,1-3H3. The smallest absolute Gasteiger partial charge is 0.163 e. The SMILES string of the molecule is CC(C)(C)c1cc(-c2cc(-c3ccccc3)cc(-c3ccccc3)c2)nc(-c2cc(-c3ccccc3)cc(-c3ccccc3)c2)n1.CC(C)(C)c1nc(-c2cc(-c3ccccc3)cc(-c3ccccc3)c2)cc(-c2cc(-c3ccccc3)cc(-c3ccccc3)c2)n1.CC(C)(C)c1nc(-c2cc(-c3ccccc3)cc(-c3ccccc3)c2)nc(-c2cc(-c3ccccc3)cc(-c3ccccc3)c2)n1. The Morgan fingerprint density at radius 1 is 0.116 bits per heavy atom. The van der Waals surface area contributed by atoms with Gasteiger partial charge in [-0.2, -0.15) is 0 Å². The zero-order valence-corrected chi connectivity index (χ0v) is 79.3. The largest absolute Gasteiger partial charge is 0.232 e.